The fourth-order valence-corrected chi connectivity index (χ4v) is 4.15. The molecule has 26 heavy (non-hydrogen) atoms. The maximum atomic E-state index is 12.9. The summed E-state index contributed by atoms with van der Waals surface area (Å²) in [4.78, 5) is 19.1. The first-order valence-electron chi connectivity index (χ1n) is 9.25. The molecule has 0 aromatic carbocycles. The molecular formula is C19H22N4O3. The quantitative estimate of drug-likeness (QED) is 0.835. The van der Waals surface area contributed by atoms with Gasteiger partial charge in [-0.05, 0) is 31.9 Å². The molecular weight excluding hydrogens is 332 g/mol. The number of nitrogens with zero attached hydrogens (tertiary/aromatic N) is 4. The minimum Gasteiger partial charge on any atom is -0.425 e. The molecule has 2 atom stereocenters. The monoisotopic (exact) mass is 354 g/mol. The number of carbonyl (C=O) groups is 1. The number of amides is 1. The summed E-state index contributed by atoms with van der Waals surface area (Å²) in [7, 11) is 0. The predicted molar refractivity (Wildman–Crippen MR) is 91.6 cm³/mol. The second-order valence-electron chi connectivity index (χ2n) is 7.93. The van der Waals surface area contributed by atoms with E-state index in [0.717, 1.165) is 24.4 Å². The summed E-state index contributed by atoms with van der Waals surface area (Å²) in [6.07, 6.45) is 4.62. The summed E-state index contributed by atoms with van der Waals surface area (Å²) in [5, 5.41) is 8.44. The van der Waals surface area contributed by atoms with Gasteiger partial charge in [0.15, 0.2) is 0 Å². The van der Waals surface area contributed by atoms with Crippen LogP contribution >= 0.6 is 0 Å². The maximum absolute atomic E-state index is 12.9. The van der Waals surface area contributed by atoms with Crippen LogP contribution in [0, 0.1) is 18.3 Å². The van der Waals surface area contributed by atoms with E-state index in [2.05, 4.69) is 15.2 Å². The lowest BCUT2D eigenvalue weighted by Gasteiger charge is -2.25. The Balaban J connectivity index is 1.34. The van der Waals surface area contributed by atoms with Gasteiger partial charge in [0.1, 0.15) is 0 Å². The first kappa shape index (κ1) is 15.9. The molecule has 0 unspecified atom stereocenters. The lowest BCUT2D eigenvalue weighted by molar-refractivity contribution is 0.0714. The summed E-state index contributed by atoms with van der Waals surface area (Å²) in [6.45, 7) is 4.59. The third-order valence-corrected chi connectivity index (χ3v) is 5.88. The zero-order valence-electron chi connectivity index (χ0n) is 14.9. The fourth-order valence-electron chi connectivity index (χ4n) is 4.15. The van der Waals surface area contributed by atoms with Gasteiger partial charge in [0.2, 0.25) is 11.8 Å². The Morgan fingerprint density at radius 3 is 3.00 bits per heavy atom. The van der Waals surface area contributed by atoms with Crippen LogP contribution in [0.25, 0.3) is 0 Å². The molecule has 0 bridgehead atoms. The van der Waals surface area contributed by atoms with E-state index in [1.807, 2.05) is 24.0 Å². The van der Waals surface area contributed by atoms with E-state index in [1.54, 1.807) is 6.20 Å². The number of pyridine rings is 1. The molecule has 0 spiro atoms. The molecule has 3 fully saturated rings. The van der Waals surface area contributed by atoms with E-state index in [4.69, 9.17) is 9.15 Å². The van der Waals surface area contributed by atoms with Crippen LogP contribution in [-0.2, 0) is 11.2 Å². The van der Waals surface area contributed by atoms with Crippen LogP contribution in [0.15, 0.2) is 22.7 Å². The van der Waals surface area contributed by atoms with Crippen molar-refractivity contribution < 1.29 is 13.9 Å². The van der Waals surface area contributed by atoms with Crippen molar-refractivity contribution in [2.24, 2.45) is 11.3 Å². The van der Waals surface area contributed by atoms with Crippen molar-refractivity contribution in [3.05, 3.63) is 41.4 Å². The molecule has 5 rings (SSSR count). The van der Waals surface area contributed by atoms with Crippen LogP contribution < -0.4 is 0 Å². The van der Waals surface area contributed by atoms with Crippen molar-refractivity contribution in [2.45, 2.75) is 32.1 Å². The average molecular weight is 354 g/mol. The number of hydrogen-bond acceptors (Lipinski definition) is 6. The Kier molecular flexibility index (Phi) is 3.60. The summed E-state index contributed by atoms with van der Waals surface area (Å²) in [6, 6.07) is 3.72. The van der Waals surface area contributed by atoms with E-state index in [9.17, 15) is 4.79 Å². The fraction of sp³-hybridized carbons (Fsp3) is 0.579. The maximum Gasteiger partial charge on any atom is 0.255 e. The number of hydrogen-bond donors (Lipinski definition) is 0. The van der Waals surface area contributed by atoms with Gasteiger partial charge in [-0.15, -0.1) is 10.2 Å². The van der Waals surface area contributed by atoms with Gasteiger partial charge in [0.05, 0.1) is 18.8 Å². The molecule has 7 heteroatoms. The van der Waals surface area contributed by atoms with Crippen LogP contribution in [-0.4, -0.2) is 52.3 Å². The van der Waals surface area contributed by atoms with Gasteiger partial charge in [0.25, 0.3) is 5.91 Å². The van der Waals surface area contributed by atoms with Crippen LogP contribution in [0.3, 0.4) is 0 Å². The van der Waals surface area contributed by atoms with Crippen LogP contribution in [0.5, 0.6) is 0 Å². The number of aromatic nitrogens is 3. The zero-order chi connectivity index (χ0) is 17.7. The summed E-state index contributed by atoms with van der Waals surface area (Å²) in [5.41, 5.74) is 1.43. The molecule has 2 aromatic rings. The molecule has 4 heterocycles. The number of fused-ring (bicyclic) bond motifs is 1. The Morgan fingerprint density at radius 2 is 2.23 bits per heavy atom. The molecule has 1 saturated carbocycles. The molecule has 0 N–H and O–H groups in total. The van der Waals surface area contributed by atoms with Crippen molar-refractivity contribution in [1.82, 2.24) is 20.1 Å². The minimum atomic E-state index is -0.124. The summed E-state index contributed by atoms with van der Waals surface area (Å²) in [5.74, 6) is 2.24. The highest BCUT2D eigenvalue weighted by molar-refractivity contribution is 5.94. The molecule has 2 aromatic heterocycles. The van der Waals surface area contributed by atoms with E-state index in [0.29, 0.717) is 56.0 Å². The second kappa shape index (κ2) is 5.87. The SMILES string of the molecule is Cc1ccc(C(=O)N2C[C@@H]3COC[C@]3(Cc3nnc(C4CC4)o3)C2)cn1. The Bertz CT molecular complexity index is 830. The topological polar surface area (TPSA) is 81.4 Å². The van der Waals surface area contributed by atoms with E-state index in [1.165, 1.54) is 0 Å². The molecule has 1 aliphatic carbocycles. The molecule has 7 nitrogen and oxygen atoms in total. The van der Waals surface area contributed by atoms with Gasteiger partial charge in [0, 0.05) is 48.7 Å². The predicted octanol–water partition coefficient (Wildman–Crippen LogP) is 1.98. The normalized spacial score (nSPS) is 27.7. The summed E-state index contributed by atoms with van der Waals surface area (Å²) >= 11 is 0. The van der Waals surface area contributed by atoms with Crippen molar-refractivity contribution in [2.75, 3.05) is 26.3 Å². The van der Waals surface area contributed by atoms with Crippen molar-refractivity contribution in [3.63, 3.8) is 0 Å². The first-order valence-corrected chi connectivity index (χ1v) is 9.25. The third kappa shape index (κ3) is 2.70. The Morgan fingerprint density at radius 1 is 1.35 bits per heavy atom. The molecule has 2 aliphatic heterocycles. The first-order chi connectivity index (χ1) is 12.6. The van der Waals surface area contributed by atoms with Gasteiger partial charge >= 0.3 is 0 Å². The lowest BCUT2D eigenvalue weighted by Crippen LogP contribution is -2.35. The highest BCUT2D eigenvalue weighted by Crippen LogP contribution is 2.45. The third-order valence-electron chi connectivity index (χ3n) is 5.88. The Labute approximate surface area is 151 Å². The highest BCUT2D eigenvalue weighted by Gasteiger charge is 2.52. The zero-order valence-corrected chi connectivity index (χ0v) is 14.9. The Hall–Kier alpha value is -2.28. The van der Waals surface area contributed by atoms with Crippen LogP contribution in [0.2, 0.25) is 0 Å². The van der Waals surface area contributed by atoms with E-state index >= 15 is 0 Å². The van der Waals surface area contributed by atoms with Crippen molar-refractivity contribution >= 4 is 5.91 Å². The molecule has 3 aliphatic rings. The number of ether oxygens (including phenoxy) is 1. The minimum absolute atomic E-state index is 0.0375. The smallest absolute Gasteiger partial charge is 0.255 e. The lowest BCUT2D eigenvalue weighted by atomic mass is 9.78. The van der Waals surface area contributed by atoms with Gasteiger partial charge in [-0.25, -0.2) is 0 Å². The second-order valence-corrected chi connectivity index (χ2v) is 7.93. The van der Waals surface area contributed by atoms with Crippen LogP contribution in [0.4, 0.5) is 0 Å². The number of aryl methyl sites for hydroxylation is 1. The molecule has 2 saturated heterocycles. The van der Waals surface area contributed by atoms with Crippen molar-refractivity contribution in [1.29, 1.82) is 0 Å². The van der Waals surface area contributed by atoms with Crippen molar-refractivity contribution in [3.8, 4) is 0 Å². The molecule has 1 amide bonds. The molecule has 136 valence electrons. The molecule has 0 radical (unpaired) electrons. The van der Waals surface area contributed by atoms with Gasteiger partial charge in [-0.3, -0.25) is 9.78 Å². The highest BCUT2D eigenvalue weighted by atomic mass is 16.5. The van der Waals surface area contributed by atoms with E-state index in [-0.39, 0.29) is 11.3 Å². The number of rotatable bonds is 4. The summed E-state index contributed by atoms with van der Waals surface area (Å²) < 4.78 is 11.6. The van der Waals surface area contributed by atoms with E-state index < -0.39 is 0 Å². The van der Waals surface area contributed by atoms with Gasteiger partial charge in [-0.2, -0.15) is 0 Å². The standard InChI is InChI=1S/C19H22N4O3/c1-12-2-3-14(7-20-12)18(24)23-8-15-9-25-11-19(15,10-23)6-16-21-22-17(26-16)13-4-5-13/h2-3,7,13,15H,4-6,8-11H2,1H3/t15-,19+/m1/s1. The average Bonchev–Trinajstić information content (AvgIpc) is 3.11. The van der Waals surface area contributed by atoms with Crippen LogP contribution in [0.1, 0.15) is 46.6 Å². The van der Waals surface area contributed by atoms with Gasteiger partial charge in [-0.1, -0.05) is 0 Å². The largest absolute Gasteiger partial charge is 0.425 e. The number of likely N-dealkylation sites (tertiary alicyclic amines) is 1. The van der Waals surface area contributed by atoms with Gasteiger partial charge < -0.3 is 14.1 Å². The number of carbonyl (C=O) groups excluding carboxylic acids is 1.